The monoisotopic (exact) mass is 227 g/mol. The van der Waals surface area contributed by atoms with Crippen molar-refractivity contribution >= 4 is 17.6 Å². The Bertz CT molecular complexity index is 372. The SMILES string of the molecule is CC(Cl)c1nnc(NCC2CC23CC3)o1. The number of anilines is 1. The van der Waals surface area contributed by atoms with Gasteiger partial charge in [-0.15, -0.1) is 16.7 Å². The highest BCUT2D eigenvalue weighted by Crippen LogP contribution is 2.70. The smallest absolute Gasteiger partial charge is 0.315 e. The van der Waals surface area contributed by atoms with Gasteiger partial charge >= 0.3 is 6.01 Å². The highest BCUT2D eigenvalue weighted by molar-refractivity contribution is 6.20. The molecule has 3 rings (SSSR count). The van der Waals surface area contributed by atoms with E-state index in [4.69, 9.17) is 16.0 Å². The Morgan fingerprint density at radius 2 is 2.40 bits per heavy atom. The van der Waals surface area contributed by atoms with E-state index in [-0.39, 0.29) is 5.38 Å². The van der Waals surface area contributed by atoms with Crippen LogP contribution in [0.1, 0.15) is 37.5 Å². The van der Waals surface area contributed by atoms with Crippen LogP contribution in [0.3, 0.4) is 0 Å². The molecule has 0 amide bonds. The topological polar surface area (TPSA) is 51.0 Å². The van der Waals surface area contributed by atoms with Crippen LogP contribution in [-0.2, 0) is 0 Å². The third kappa shape index (κ3) is 1.71. The third-order valence-corrected chi connectivity index (χ3v) is 3.72. The minimum atomic E-state index is -0.219. The van der Waals surface area contributed by atoms with E-state index in [2.05, 4.69) is 15.5 Å². The van der Waals surface area contributed by atoms with Crippen LogP contribution in [0.4, 0.5) is 6.01 Å². The molecular weight excluding hydrogens is 214 g/mol. The summed E-state index contributed by atoms with van der Waals surface area (Å²) in [6.07, 6.45) is 4.19. The summed E-state index contributed by atoms with van der Waals surface area (Å²) in [5.74, 6) is 1.30. The summed E-state index contributed by atoms with van der Waals surface area (Å²) in [4.78, 5) is 0. The van der Waals surface area contributed by atoms with Crippen molar-refractivity contribution in [3.05, 3.63) is 5.89 Å². The highest BCUT2D eigenvalue weighted by atomic mass is 35.5. The van der Waals surface area contributed by atoms with Crippen LogP contribution in [0.25, 0.3) is 0 Å². The Morgan fingerprint density at radius 1 is 1.60 bits per heavy atom. The lowest BCUT2D eigenvalue weighted by Crippen LogP contribution is -2.05. The molecule has 0 aliphatic heterocycles. The third-order valence-electron chi connectivity index (χ3n) is 3.53. The molecule has 5 heteroatoms. The van der Waals surface area contributed by atoms with Gasteiger partial charge in [0, 0.05) is 6.54 Å². The second kappa shape index (κ2) is 3.11. The summed E-state index contributed by atoms with van der Waals surface area (Å²) in [5.41, 5.74) is 0.718. The standard InChI is InChI=1S/C10H14ClN3O/c1-6(11)8-13-14-9(15-8)12-5-7-4-10(7)2-3-10/h6-7H,2-5H2,1H3,(H,12,14). The maximum Gasteiger partial charge on any atom is 0.315 e. The molecule has 2 aliphatic rings. The minimum absolute atomic E-state index is 0.219. The second-order valence-electron chi connectivity index (χ2n) is 4.71. The van der Waals surface area contributed by atoms with Crippen LogP contribution in [0.5, 0.6) is 0 Å². The zero-order valence-electron chi connectivity index (χ0n) is 8.66. The lowest BCUT2D eigenvalue weighted by Gasteiger charge is -1.98. The first-order valence-corrected chi connectivity index (χ1v) is 5.85. The molecule has 1 aromatic heterocycles. The summed E-state index contributed by atoms with van der Waals surface area (Å²) in [6, 6.07) is 0.500. The Labute approximate surface area is 93.4 Å². The molecule has 0 radical (unpaired) electrons. The van der Waals surface area contributed by atoms with Gasteiger partial charge < -0.3 is 9.73 Å². The van der Waals surface area contributed by atoms with Crippen LogP contribution in [0.2, 0.25) is 0 Å². The molecule has 0 bridgehead atoms. The van der Waals surface area contributed by atoms with Gasteiger partial charge in [-0.1, -0.05) is 5.10 Å². The Kier molecular flexibility index (Phi) is 1.96. The molecule has 82 valence electrons. The van der Waals surface area contributed by atoms with Crippen molar-refractivity contribution in [3.8, 4) is 0 Å². The number of aromatic nitrogens is 2. The summed E-state index contributed by atoms with van der Waals surface area (Å²) in [7, 11) is 0. The predicted molar refractivity (Wildman–Crippen MR) is 56.8 cm³/mol. The quantitative estimate of drug-likeness (QED) is 0.804. The fourth-order valence-electron chi connectivity index (χ4n) is 2.17. The number of hydrogen-bond donors (Lipinski definition) is 1. The first-order valence-electron chi connectivity index (χ1n) is 5.41. The molecule has 2 atom stereocenters. The zero-order chi connectivity index (χ0) is 10.5. The Hall–Kier alpha value is -0.770. The van der Waals surface area contributed by atoms with Crippen LogP contribution in [0.15, 0.2) is 4.42 Å². The molecule has 2 aliphatic carbocycles. The molecule has 2 fully saturated rings. The molecule has 0 saturated heterocycles. The zero-order valence-corrected chi connectivity index (χ0v) is 9.42. The van der Waals surface area contributed by atoms with E-state index in [1.54, 1.807) is 0 Å². The van der Waals surface area contributed by atoms with E-state index in [1.165, 1.54) is 19.3 Å². The number of alkyl halides is 1. The normalized spacial score (nSPS) is 27.7. The summed E-state index contributed by atoms with van der Waals surface area (Å²) >= 11 is 5.82. The first kappa shape index (κ1) is 9.46. The molecule has 1 aromatic rings. The van der Waals surface area contributed by atoms with Crippen molar-refractivity contribution in [1.82, 2.24) is 10.2 Å². The van der Waals surface area contributed by atoms with E-state index >= 15 is 0 Å². The van der Waals surface area contributed by atoms with Gasteiger partial charge in [-0.05, 0) is 37.5 Å². The number of nitrogens with one attached hydrogen (secondary N) is 1. The molecule has 2 unspecified atom stereocenters. The minimum Gasteiger partial charge on any atom is -0.407 e. The van der Waals surface area contributed by atoms with Gasteiger partial charge in [0.15, 0.2) is 0 Å². The van der Waals surface area contributed by atoms with Gasteiger partial charge in [-0.25, -0.2) is 0 Å². The van der Waals surface area contributed by atoms with Gasteiger partial charge in [0.25, 0.3) is 0 Å². The average Bonchev–Trinajstić information content (AvgIpc) is 3.07. The van der Waals surface area contributed by atoms with Gasteiger partial charge in [-0.2, -0.15) is 0 Å². The maximum absolute atomic E-state index is 5.82. The average molecular weight is 228 g/mol. The van der Waals surface area contributed by atoms with Crippen LogP contribution < -0.4 is 5.32 Å². The molecular formula is C10H14ClN3O. The van der Waals surface area contributed by atoms with E-state index in [1.807, 2.05) is 6.92 Å². The molecule has 4 nitrogen and oxygen atoms in total. The van der Waals surface area contributed by atoms with Gasteiger partial charge in [0.05, 0.1) is 0 Å². The van der Waals surface area contributed by atoms with Crippen LogP contribution in [0, 0.1) is 11.3 Å². The largest absolute Gasteiger partial charge is 0.407 e. The van der Waals surface area contributed by atoms with E-state index in [0.29, 0.717) is 11.9 Å². The van der Waals surface area contributed by atoms with Crippen molar-refractivity contribution in [2.75, 3.05) is 11.9 Å². The molecule has 1 heterocycles. The summed E-state index contributed by atoms with van der Waals surface area (Å²) < 4.78 is 5.35. The van der Waals surface area contributed by atoms with Crippen molar-refractivity contribution in [2.24, 2.45) is 11.3 Å². The van der Waals surface area contributed by atoms with Crippen molar-refractivity contribution in [2.45, 2.75) is 31.6 Å². The number of halogens is 1. The Morgan fingerprint density at radius 3 is 2.93 bits per heavy atom. The molecule has 1 spiro atoms. The molecule has 0 aromatic carbocycles. The lowest BCUT2D eigenvalue weighted by atomic mass is 10.3. The number of nitrogens with zero attached hydrogens (tertiary/aromatic N) is 2. The second-order valence-corrected chi connectivity index (χ2v) is 5.36. The number of hydrogen-bond acceptors (Lipinski definition) is 4. The fraction of sp³-hybridized carbons (Fsp3) is 0.800. The van der Waals surface area contributed by atoms with Crippen molar-refractivity contribution in [3.63, 3.8) is 0 Å². The number of rotatable bonds is 4. The Balaban J connectivity index is 1.53. The van der Waals surface area contributed by atoms with E-state index in [9.17, 15) is 0 Å². The molecule has 15 heavy (non-hydrogen) atoms. The molecule has 1 N–H and O–H groups in total. The van der Waals surface area contributed by atoms with Gasteiger partial charge in [0.1, 0.15) is 5.38 Å². The van der Waals surface area contributed by atoms with Crippen LogP contribution in [-0.4, -0.2) is 16.7 Å². The predicted octanol–water partition coefficient (Wildman–Crippen LogP) is 2.58. The first-order chi connectivity index (χ1) is 7.20. The van der Waals surface area contributed by atoms with Crippen molar-refractivity contribution < 1.29 is 4.42 Å². The summed E-state index contributed by atoms with van der Waals surface area (Å²) in [5, 5.41) is 10.7. The van der Waals surface area contributed by atoms with Gasteiger partial charge in [-0.3, -0.25) is 0 Å². The lowest BCUT2D eigenvalue weighted by molar-refractivity contribution is 0.504. The molecule has 2 saturated carbocycles. The van der Waals surface area contributed by atoms with E-state index < -0.39 is 0 Å². The highest BCUT2D eigenvalue weighted by Gasteiger charge is 2.62. The fourth-order valence-corrected chi connectivity index (χ4v) is 2.26. The van der Waals surface area contributed by atoms with Crippen molar-refractivity contribution in [1.29, 1.82) is 0 Å². The maximum atomic E-state index is 5.82. The van der Waals surface area contributed by atoms with Crippen LogP contribution >= 0.6 is 11.6 Å². The summed E-state index contributed by atoms with van der Waals surface area (Å²) in [6.45, 7) is 2.78. The van der Waals surface area contributed by atoms with E-state index in [0.717, 1.165) is 17.9 Å². The van der Waals surface area contributed by atoms with Gasteiger partial charge in [0.2, 0.25) is 5.89 Å².